The van der Waals surface area contributed by atoms with Crippen molar-refractivity contribution in [3.05, 3.63) is 11.8 Å². The third-order valence-electron chi connectivity index (χ3n) is 1.42. The van der Waals surface area contributed by atoms with Crippen molar-refractivity contribution in [2.75, 3.05) is 14.2 Å². The van der Waals surface area contributed by atoms with Crippen molar-refractivity contribution in [1.29, 1.82) is 0 Å². The van der Waals surface area contributed by atoms with Gasteiger partial charge in [-0.2, -0.15) is 5.12 Å². The largest absolute Gasteiger partial charge is 0.480 e. The van der Waals surface area contributed by atoms with E-state index in [4.69, 9.17) is 10.6 Å². The van der Waals surface area contributed by atoms with Gasteiger partial charge in [-0.15, -0.1) is 5.10 Å². The molecule has 0 radical (unpaired) electrons. The summed E-state index contributed by atoms with van der Waals surface area (Å²) in [6, 6.07) is 0. The normalized spacial score (nSPS) is 8.47. The molecule has 0 aromatic carbocycles. The highest BCUT2D eigenvalue weighted by Crippen LogP contribution is 2.11. The van der Waals surface area contributed by atoms with Crippen molar-refractivity contribution < 1.29 is 9.53 Å². The molecule has 1 aromatic heterocycles. The lowest BCUT2D eigenvalue weighted by Gasteiger charge is -2.02. The molecule has 1 rings (SSSR count). The van der Waals surface area contributed by atoms with Crippen LogP contribution in [0.4, 0.5) is 0 Å². The third kappa shape index (κ3) is 9.34. The Morgan fingerprint density at radius 3 is 2.24 bits per heavy atom. The highest BCUT2D eigenvalue weighted by Gasteiger charge is 1.99. The first-order chi connectivity index (χ1) is 8.01. The van der Waals surface area contributed by atoms with Crippen molar-refractivity contribution >= 4 is 6.41 Å². The zero-order chi connectivity index (χ0) is 13.8. The molecule has 0 saturated heterocycles. The van der Waals surface area contributed by atoms with E-state index in [-0.39, 0.29) is 0 Å². The number of ether oxygens (including phenoxy) is 1. The Morgan fingerprint density at radius 2 is 2.12 bits per heavy atom. The van der Waals surface area contributed by atoms with Gasteiger partial charge >= 0.3 is 0 Å². The van der Waals surface area contributed by atoms with Gasteiger partial charge in [-0.3, -0.25) is 20.7 Å². The number of hydrazine groups is 2. The molecule has 1 amide bonds. The lowest BCUT2D eigenvalue weighted by atomic mass is 10.4. The van der Waals surface area contributed by atoms with E-state index in [9.17, 15) is 4.79 Å². The molecular weight excluding hydrogens is 222 g/mol. The molecule has 1 aromatic rings. The quantitative estimate of drug-likeness (QED) is 0.452. The van der Waals surface area contributed by atoms with Gasteiger partial charge in [0.25, 0.3) is 0 Å². The van der Waals surface area contributed by atoms with Crippen molar-refractivity contribution in [2.24, 2.45) is 12.9 Å². The van der Waals surface area contributed by atoms with Crippen LogP contribution in [0, 0.1) is 6.92 Å². The standard InChI is InChI=1S/C6H10N2O.C2H7N3O.C2H6/c1-5-4-8(2)7-6(5)9-3;1-5(3)4-2-6;1-2/h4H,1-3H3;2H,3H2,1H3,(H,4,6);1-2H3. The summed E-state index contributed by atoms with van der Waals surface area (Å²) in [4.78, 5) is 9.38. The molecule has 0 aliphatic carbocycles. The van der Waals surface area contributed by atoms with E-state index >= 15 is 0 Å². The number of hydrogen-bond acceptors (Lipinski definition) is 5. The number of nitrogens with zero attached hydrogens (tertiary/aromatic N) is 3. The fraction of sp³-hybridized carbons (Fsp3) is 0.600. The van der Waals surface area contributed by atoms with Crippen molar-refractivity contribution in [2.45, 2.75) is 20.8 Å². The molecule has 1 heterocycles. The average Bonchev–Trinajstić information content (AvgIpc) is 2.60. The predicted molar refractivity (Wildman–Crippen MR) is 67.0 cm³/mol. The van der Waals surface area contributed by atoms with E-state index in [2.05, 4.69) is 10.5 Å². The first-order valence-electron chi connectivity index (χ1n) is 5.23. The molecule has 7 nitrogen and oxygen atoms in total. The van der Waals surface area contributed by atoms with Crippen LogP contribution in [0.5, 0.6) is 5.88 Å². The number of nitrogens with two attached hydrogens (primary N) is 1. The molecule has 3 N–H and O–H groups in total. The molecule has 0 fully saturated rings. The van der Waals surface area contributed by atoms with Crippen molar-refractivity contribution in [3.8, 4) is 5.88 Å². The molecule has 7 heteroatoms. The average molecular weight is 245 g/mol. The highest BCUT2D eigenvalue weighted by molar-refractivity contribution is 5.44. The Morgan fingerprint density at radius 1 is 1.59 bits per heavy atom. The number of hydrogen-bond donors (Lipinski definition) is 2. The molecule has 0 unspecified atom stereocenters. The van der Waals surface area contributed by atoms with Gasteiger partial charge in [0.05, 0.1) is 7.11 Å². The van der Waals surface area contributed by atoms with Crippen molar-refractivity contribution in [1.82, 2.24) is 20.3 Å². The zero-order valence-electron chi connectivity index (χ0n) is 11.4. The smallest absolute Gasteiger partial charge is 0.235 e. The predicted octanol–water partition coefficient (Wildman–Crippen LogP) is 0.216. The summed E-state index contributed by atoms with van der Waals surface area (Å²) in [5, 5.41) is 5.09. The summed E-state index contributed by atoms with van der Waals surface area (Å²) in [6.45, 7) is 5.96. The van der Waals surface area contributed by atoms with Gasteiger partial charge in [-0.1, -0.05) is 13.8 Å². The Bertz CT molecular complexity index is 299. The summed E-state index contributed by atoms with van der Waals surface area (Å²) >= 11 is 0. The van der Waals surface area contributed by atoms with Gasteiger partial charge in [0.2, 0.25) is 12.3 Å². The number of aromatic nitrogens is 2. The molecule has 17 heavy (non-hydrogen) atoms. The number of nitrogens with one attached hydrogen (secondary N) is 1. The summed E-state index contributed by atoms with van der Waals surface area (Å²) < 4.78 is 6.66. The molecule has 0 aliphatic rings. The summed E-state index contributed by atoms with van der Waals surface area (Å²) in [6.07, 6.45) is 2.42. The minimum absolute atomic E-state index is 0.500. The molecule has 0 atom stereocenters. The lowest BCUT2D eigenvalue weighted by molar-refractivity contribution is -0.113. The van der Waals surface area contributed by atoms with Crippen LogP contribution < -0.4 is 16.0 Å². The molecule has 0 aliphatic heterocycles. The van der Waals surface area contributed by atoms with Crippen LogP contribution in [0.2, 0.25) is 0 Å². The van der Waals surface area contributed by atoms with Gasteiger partial charge < -0.3 is 4.74 Å². The Hall–Kier alpha value is -1.60. The summed E-state index contributed by atoms with van der Waals surface area (Å²) in [7, 11) is 5.01. The zero-order valence-corrected chi connectivity index (χ0v) is 11.4. The lowest BCUT2D eigenvalue weighted by Crippen LogP contribution is -2.38. The van der Waals surface area contributed by atoms with Crippen molar-refractivity contribution in [3.63, 3.8) is 0 Å². The van der Waals surface area contributed by atoms with Crippen LogP contribution in [0.3, 0.4) is 0 Å². The third-order valence-corrected chi connectivity index (χ3v) is 1.42. The Kier molecular flexibility index (Phi) is 11.4. The number of rotatable bonds is 3. The second-order valence-corrected chi connectivity index (χ2v) is 2.85. The van der Waals surface area contributed by atoms with E-state index in [1.165, 1.54) is 7.05 Å². The molecule has 100 valence electrons. The van der Waals surface area contributed by atoms with E-state index in [0.29, 0.717) is 12.3 Å². The topological polar surface area (TPSA) is 85.4 Å². The van der Waals surface area contributed by atoms with Crippen LogP contribution in [0.15, 0.2) is 6.20 Å². The molecule has 0 spiro atoms. The van der Waals surface area contributed by atoms with Crippen LogP contribution >= 0.6 is 0 Å². The second-order valence-electron chi connectivity index (χ2n) is 2.85. The van der Waals surface area contributed by atoms with Gasteiger partial charge in [-0.05, 0) is 6.92 Å². The molecule has 0 saturated carbocycles. The van der Waals surface area contributed by atoms with Gasteiger partial charge in [0.1, 0.15) is 0 Å². The number of amides is 1. The second kappa shape index (κ2) is 10.9. The van der Waals surface area contributed by atoms with E-state index in [1.54, 1.807) is 11.8 Å². The molecule has 0 bridgehead atoms. The van der Waals surface area contributed by atoms with E-state index < -0.39 is 0 Å². The van der Waals surface area contributed by atoms with Gasteiger partial charge in [0.15, 0.2) is 0 Å². The highest BCUT2D eigenvalue weighted by atomic mass is 16.5. The molecular formula is C10H23N5O2. The van der Waals surface area contributed by atoms with E-state index in [1.807, 2.05) is 34.0 Å². The van der Waals surface area contributed by atoms with Crippen LogP contribution in [-0.4, -0.2) is 35.5 Å². The monoisotopic (exact) mass is 245 g/mol. The maximum absolute atomic E-state index is 9.38. The first kappa shape index (κ1) is 17.8. The fourth-order valence-electron chi connectivity index (χ4n) is 0.871. The SMILES string of the molecule is CC.CN(N)NC=O.COc1nn(C)cc1C. The van der Waals surface area contributed by atoms with Crippen LogP contribution in [0.1, 0.15) is 19.4 Å². The Labute approximate surface area is 102 Å². The van der Waals surface area contributed by atoms with Gasteiger partial charge in [-0.25, -0.2) is 0 Å². The van der Waals surface area contributed by atoms with Crippen LogP contribution in [-0.2, 0) is 11.8 Å². The maximum atomic E-state index is 9.38. The Balaban J connectivity index is 0. The number of aryl methyl sites for hydroxylation is 2. The number of methoxy groups -OCH3 is 1. The fourth-order valence-corrected chi connectivity index (χ4v) is 0.871. The minimum atomic E-state index is 0.500. The summed E-state index contributed by atoms with van der Waals surface area (Å²) in [5.41, 5.74) is 3.21. The number of carbonyl (C=O) groups excluding carboxylic acids is 1. The van der Waals surface area contributed by atoms with Crippen LogP contribution in [0.25, 0.3) is 0 Å². The summed E-state index contributed by atoms with van der Waals surface area (Å²) in [5.74, 6) is 5.60. The number of carbonyl (C=O) groups is 1. The minimum Gasteiger partial charge on any atom is -0.480 e. The first-order valence-corrected chi connectivity index (χ1v) is 5.23. The maximum Gasteiger partial charge on any atom is 0.235 e. The van der Waals surface area contributed by atoms with Gasteiger partial charge in [0, 0.05) is 25.9 Å². The van der Waals surface area contributed by atoms with E-state index in [0.717, 1.165) is 10.7 Å².